The van der Waals surface area contributed by atoms with Crippen LogP contribution in [0.25, 0.3) is 0 Å². The van der Waals surface area contributed by atoms with Gasteiger partial charge >= 0.3 is 0 Å². The molecule has 0 spiro atoms. The summed E-state index contributed by atoms with van der Waals surface area (Å²) in [5.74, 6) is 0.267. The van der Waals surface area contributed by atoms with Gasteiger partial charge in [0.15, 0.2) is 0 Å². The van der Waals surface area contributed by atoms with Gasteiger partial charge in [-0.2, -0.15) is 0 Å². The van der Waals surface area contributed by atoms with Crippen molar-refractivity contribution in [3.63, 3.8) is 0 Å². The van der Waals surface area contributed by atoms with Crippen molar-refractivity contribution in [1.29, 1.82) is 0 Å². The second-order valence-electron chi connectivity index (χ2n) is 2.87. The van der Waals surface area contributed by atoms with Crippen LogP contribution in [0.1, 0.15) is 6.92 Å². The van der Waals surface area contributed by atoms with E-state index in [1.54, 1.807) is 31.4 Å². The number of carbonyl (C=O) groups excluding carboxylic acids is 1. The fourth-order valence-corrected chi connectivity index (χ4v) is 0.941. The van der Waals surface area contributed by atoms with Crippen LogP contribution in [-0.4, -0.2) is 23.9 Å². The van der Waals surface area contributed by atoms with E-state index in [1.807, 2.05) is 0 Å². The lowest BCUT2D eigenvalue weighted by Gasteiger charge is -2.04. The van der Waals surface area contributed by atoms with E-state index in [2.05, 4.69) is 10.5 Å². The Morgan fingerprint density at radius 3 is 2.47 bits per heavy atom. The van der Waals surface area contributed by atoms with Crippen molar-refractivity contribution in [1.82, 2.24) is 0 Å². The highest BCUT2D eigenvalue weighted by Gasteiger charge is 2.06. The molecule has 0 saturated carbocycles. The van der Waals surface area contributed by atoms with Crippen LogP contribution in [0, 0.1) is 0 Å². The van der Waals surface area contributed by atoms with E-state index in [0.29, 0.717) is 11.4 Å². The molecule has 1 rings (SSSR count). The molecule has 0 fully saturated rings. The number of carbonyl (C=O) groups is 1. The number of amides is 1. The Morgan fingerprint density at radius 2 is 2.00 bits per heavy atom. The molecular weight excluding hydrogens is 196 g/mol. The maximum absolute atomic E-state index is 11.3. The number of hydrogen-bond donors (Lipinski definition) is 2. The topological polar surface area (TPSA) is 70.9 Å². The zero-order valence-electron chi connectivity index (χ0n) is 8.52. The van der Waals surface area contributed by atoms with E-state index in [1.165, 1.54) is 6.92 Å². The normalized spacial score (nSPS) is 10.9. The second-order valence-corrected chi connectivity index (χ2v) is 2.87. The minimum Gasteiger partial charge on any atom is -0.497 e. The summed E-state index contributed by atoms with van der Waals surface area (Å²) in [6.07, 6.45) is 0. The molecule has 1 amide bonds. The maximum Gasteiger partial charge on any atom is 0.273 e. The lowest BCUT2D eigenvalue weighted by molar-refractivity contribution is -0.110. The summed E-state index contributed by atoms with van der Waals surface area (Å²) in [5, 5.41) is 13.7. The SMILES string of the molecule is COc1ccc(NC(=O)C(C)=NO)cc1. The first-order chi connectivity index (χ1) is 7.17. The monoisotopic (exact) mass is 208 g/mol. The van der Waals surface area contributed by atoms with Gasteiger partial charge in [0.05, 0.1) is 7.11 Å². The van der Waals surface area contributed by atoms with Crippen LogP contribution < -0.4 is 10.1 Å². The van der Waals surface area contributed by atoms with Crippen LogP contribution in [0.3, 0.4) is 0 Å². The van der Waals surface area contributed by atoms with Gasteiger partial charge in [0.25, 0.3) is 5.91 Å². The third-order valence-corrected chi connectivity index (χ3v) is 1.83. The Hall–Kier alpha value is -2.04. The smallest absolute Gasteiger partial charge is 0.273 e. The molecule has 2 N–H and O–H groups in total. The Bertz CT molecular complexity index is 371. The summed E-state index contributed by atoms with van der Waals surface area (Å²) in [4.78, 5) is 11.3. The molecule has 0 aromatic heterocycles. The molecule has 1 aromatic carbocycles. The fraction of sp³-hybridized carbons (Fsp3) is 0.200. The molecule has 0 unspecified atom stereocenters. The van der Waals surface area contributed by atoms with Crippen LogP contribution in [0.5, 0.6) is 5.75 Å². The summed E-state index contributed by atoms with van der Waals surface area (Å²) < 4.78 is 4.97. The largest absolute Gasteiger partial charge is 0.497 e. The summed E-state index contributed by atoms with van der Waals surface area (Å²) >= 11 is 0. The first-order valence-electron chi connectivity index (χ1n) is 4.31. The number of benzene rings is 1. The molecule has 1 aromatic rings. The van der Waals surface area contributed by atoms with E-state index in [-0.39, 0.29) is 5.71 Å². The number of nitrogens with zero attached hydrogens (tertiary/aromatic N) is 1. The molecule has 0 saturated heterocycles. The van der Waals surface area contributed by atoms with Crippen molar-refractivity contribution in [2.75, 3.05) is 12.4 Å². The Morgan fingerprint density at radius 1 is 1.40 bits per heavy atom. The molecule has 80 valence electrons. The highest BCUT2D eigenvalue weighted by molar-refractivity contribution is 6.42. The summed E-state index contributed by atoms with van der Waals surface area (Å²) in [6, 6.07) is 6.84. The van der Waals surface area contributed by atoms with Gasteiger partial charge in [-0.3, -0.25) is 4.79 Å². The van der Waals surface area contributed by atoms with Crippen molar-refractivity contribution >= 4 is 17.3 Å². The van der Waals surface area contributed by atoms with Gasteiger partial charge in [0, 0.05) is 5.69 Å². The van der Waals surface area contributed by atoms with E-state index in [9.17, 15) is 4.79 Å². The van der Waals surface area contributed by atoms with Gasteiger partial charge in [-0.25, -0.2) is 0 Å². The number of rotatable bonds is 3. The van der Waals surface area contributed by atoms with Gasteiger partial charge in [-0.15, -0.1) is 0 Å². The van der Waals surface area contributed by atoms with Crippen LogP contribution in [0.2, 0.25) is 0 Å². The average Bonchev–Trinajstić information content (AvgIpc) is 2.29. The van der Waals surface area contributed by atoms with Gasteiger partial charge in [0.2, 0.25) is 0 Å². The number of ether oxygens (including phenoxy) is 1. The molecule has 0 aliphatic carbocycles. The highest BCUT2D eigenvalue weighted by atomic mass is 16.5. The molecule has 0 aliphatic rings. The molecule has 0 bridgehead atoms. The lowest BCUT2D eigenvalue weighted by atomic mass is 10.3. The van der Waals surface area contributed by atoms with Crippen molar-refractivity contribution in [3.8, 4) is 5.75 Å². The fourth-order valence-electron chi connectivity index (χ4n) is 0.941. The molecule has 0 atom stereocenters. The molecular formula is C10H12N2O3. The number of oxime groups is 1. The molecule has 5 nitrogen and oxygen atoms in total. The molecule has 0 heterocycles. The summed E-state index contributed by atoms with van der Waals surface area (Å²) in [5.41, 5.74) is 0.620. The van der Waals surface area contributed by atoms with Crippen molar-refractivity contribution < 1.29 is 14.7 Å². The molecule has 15 heavy (non-hydrogen) atoms. The lowest BCUT2D eigenvalue weighted by Crippen LogP contribution is -2.19. The van der Waals surface area contributed by atoms with Gasteiger partial charge < -0.3 is 15.3 Å². The predicted octanol–water partition coefficient (Wildman–Crippen LogP) is 1.48. The third-order valence-electron chi connectivity index (χ3n) is 1.83. The standard InChI is InChI=1S/C10H12N2O3/c1-7(12-14)10(13)11-8-3-5-9(15-2)6-4-8/h3-6,14H,1-2H3,(H,11,13). The van der Waals surface area contributed by atoms with Crippen LogP contribution >= 0.6 is 0 Å². The Kier molecular flexibility index (Phi) is 3.68. The minimum absolute atomic E-state index is 0.00539. The van der Waals surface area contributed by atoms with Crippen LogP contribution in [-0.2, 0) is 4.79 Å². The van der Waals surface area contributed by atoms with Crippen LogP contribution in [0.4, 0.5) is 5.69 Å². The third kappa shape index (κ3) is 2.98. The van der Waals surface area contributed by atoms with Gasteiger partial charge in [0.1, 0.15) is 11.5 Å². The first-order valence-corrected chi connectivity index (χ1v) is 4.31. The zero-order chi connectivity index (χ0) is 11.3. The predicted molar refractivity (Wildman–Crippen MR) is 56.5 cm³/mol. The maximum atomic E-state index is 11.3. The second kappa shape index (κ2) is 4.99. The van der Waals surface area contributed by atoms with E-state index < -0.39 is 5.91 Å². The molecule has 0 radical (unpaired) electrons. The number of nitrogens with one attached hydrogen (secondary N) is 1. The van der Waals surface area contributed by atoms with Crippen molar-refractivity contribution in [3.05, 3.63) is 24.3 Å². The quantitative estimate of drug-likeness (QED) is 0.449. The minimum atomic E-state index is -0.442. The van der Waals surface area contributed by atoms with E-state index in [4.69, 9.17) is 9.94 Å². The summed E-state index contributed by atoms with van der Waals surface area (Å²) in [6.45, 7) is 1.42. The number of anilines is 1. The van der Waals surface area contributed by atoms with Crippen molar-refractivity contribution in [2.24, 2.45) is 5.16 Å². The zero-order valence-corrected chi connectivity index (χ0v) is 8.52. The van der Waals surface area contributed by atoms with Crippen molar-refractivity contribution in [2.45, 2.75) is 6.92 Å². The first kappa shape index (κ1) is 11.0. The molecule has 5 heteroatoms. The highest BCUT2D eigenvalue weighted by Crippen LogP contribution is 2.14. The van der Waals surface area contributed by atoms with Gasteiger partial charge in [-0.05, 0) is 31.2 Å². The summed E-state index contributed by atoms with van der Waals surface area (Å²) in [7, 11) is 1.57. The average molecular weight is 208 g/mol. The van der Waals surface area contributed by atoms with Gasteiger partial charge in [-0.1, -0.05) is 5.16 Å². The Balaban J connectivity index is 2.69. The Labute approximate surface area is 87.4 Å². The van der Waals surface area contributed by atoms with Crippen LogP contribution in [0.15, 0.2) is 29.4 Å². The van der Waals surface area contributed by atoms with E-state index in [0.717, 1.165) is 0 Å². The molecule has 0 aliphatic heterocycles. The number of hydrogen-bond acceptors (Lipinski definition) is 4. The number of methoxy groups -OCH3 is 1. The van der Waals surface area contributed by atoms with E-state index >= 15 is 0 Å².